The molecule has 2 aliphatic rings. The molecule has 1 aliphatic carbocycles. The van der Waals surface area contributed by atoms with Gasteiger partial charge in [0.05, 0.1) is 0 Å². The van der Waals surface area contributed by atoms with Crippen LogP contribution in [0.3, 0.4) is 0 Å². The van der Waals surface area contributed by atoms with Crippen LogP contribution in [0.4, 0.5) is 10.5 Å². The smallest absolute Gasteiger partial charge is 0.317 e. The molecule has 2 amide bonds. The number of anilines is 1. The average Bonchev–Trinajstić information content (AvgIpc) is 2.63. The molecule has 1 aromatic rings. The number of amides is 2. The zero-order valence-corrected chi connectivity index (χ0v) is 15.0. The van der Waals surface area contributed by atoms with Gasteiger partial charge in [-0.15, -0.1) is 0 Å². The van der Waals surface area contributed by atoms with Gasteiger partial charge in [-0.05, 0) is 44.2 Å². The molecule has 0 bridgehead atoms. The summed E-state index contributed by atoms with van der Waals surface area (Å²) in [6.45, 7) is 7.60. The Balaban J connectivity index is 1.49. The van der Waals surface area contributed by atoms with E-state index in [0.29, 0.717) is 12.0 Å². The number of piperazine rings is 1. The first kappa shape index (κ1) is 17.1. The van der Waals surface area contributed by atoms with Crippen molar-refractivity contribution in [3.63, 3.8) is 0 Å². The van der Waals surface area contributed by atoms with E-state index in [9.17, 15) is 4.79 Å². The Kier molecular flexibility index (Phi) is 5.59. The number of aromatic nitrogens is 1. The molecule has 1 N–H and O–H groups in total. The molecule has 1 aromatic heterocycles. The second kappa shape index (κ2) is 7.86. The third kappa shape index (κ3) is 4.00. The quantitative estimate of drug-likeness (QED) is 0.926. The lowest BCUT2D eigenvalue weighted by molar-refractivity contribution is 0.182. The van der Waals surface area contributed by atoms with Crippen molar-refractivity contribution < 1.29 is 4.79 Å². The first-order valence-electron chi connectivity index (χ1n) is 9.36. The van der Waals surface area contributed by atoms with E-state index in [2.05, 4.69) is 35.1 Å². The zero-order chi connectivity index (χ0) is 16.9. The number of carbonyl (C=O) groups excluding carboxylic acids is 1. The van der Waals surface area contributed by atoms with Crippen molar-refractivity contribution in [3.05, 3.63) is 24.0 Å². The predicted molar refractivity (Wildman–Crippen MR) is 97.3 cm³/mol. The SMILES string of the molecule is Cc1cnccc1N1CCN(C(=O)N[C@@H](C)C2CCCCC2)CC1. The molecule has 0 aromatic carbocycles. The molecule has 1 saturated carbocycles. The molecule has 0 spiro atoms. The van der Waals surface area contributed by atoms with Crippen LogP contribution in [0.25, 0.3) is 0 Å². The van der Waals surface area contributed by atoms with E-state index in [1.165, 1.54) is 43.4 Å². The lowest BCUT2D eigenvalue weighted by Crippen LogP contribution is -2.54. The molecule has 1 atom stereocenters. The minimum absolute atomic E-state index is 0.110. The number of aryl methyl sites for hydroxylation is 1. The molecular formula is C19H30N4O. The molecule has 5 heteroatoms. The van der Waals surface area contributed by atoms with Gasteiger partial charge in [-0.25, -0.2) is 4.79 Å². The summed E-state index contributed by atoms with van der Waals surface area (Å²) in [6, 6.07) is 2.47. The van der Waals surface area contributed by atoms with Crippen LogP contribution >= 0.6 is 0 Å². The summed E-state index contributed by atoms with van der Waals surface area (Å²) < 4.78 is 0. The third-order valence-electron chi connectivity index (χ3n) is 5.61. The predicted octanol–water partition coefficient (Wildman–Crippen LogP) is 3.19. The average molecular weight is 330 g/mol. The lowest BCUT2D eigenvalue weighted by atomic mass is 9.84. The van der Waals surface area contributed by atoms with Crippen molar-refractivity contribution in [1.29, 1.82) is 0 Å². The number of hydrogen-bond donors (Lipinski definition) is 1. The zero-order valence-electron chi connectivity index (χ0n) is 15.0. The summed E-state index contributed by atoms with van der Waals surface area (Å²) in [5.74, 6) is 0.656. The molecule has 0 radical (unpaired) electrons. The highest BCUT2D eigenvalue weighted by atomic mass is 16.2. The minimum Gasteiger partial charge on any atom is -0.368 e. The van der Waals surface area contributed by atoms with Crippen LogP contribution in [0.15, 0.2) is 18.5 Å². The van der Waals surface area contributed by atoms with Crippen LogP contribution < -0.4 is 10.2 Å². The van der Waals surface area contributed by atoms with Gasteiger partial charge in [0.2, 0.25) is 0 Å². The monoisotopic (exact) mass is 330 g/mol. The molecule has 5 nitrogen and oxygen atoms in total. The van der Waals surface area contributed by atoms with Crippen LogP contribution in [-0.2, 0) is 0 Å². The minimum atomic E-state index is 0.110. The topological polar surface area (TPSA) is 48.5 Å². The highest BCUT2D eigenvalue weighted by molar-refractivity contribution is 5.75. The van der Waals surface area contributed by atoms with Crippen LogP contribution in [0.1, 0.15) is 44.6 Å². The Bertz CT molecular complexity index is 548. The Labute approximate surface area is 145 Å². The van der Waals surface area contributed by atoms with Gasteiger partial charge in [-0.1, -0.05) is 19.3 Å². The maximum Gasteiger partial charge on any atom is 0.317 e. The van der Waals surface area contributed by atoms with E-state index < -0.39 is 0 Å². The summed E-state index contributed by atoms with van der Waals surface area (Å²) in [5.41, 5.74) is 2.43. The normalized spacial score (nSPS) is 20.8. The number of rotatable bonds is 3. The first-order valence-corrected chi connectivity index (χ1v) is 9.36. The van der Waals surface area contributed by atoms with Crippen LogP contribution in [0.5, 0.6) is 0 Å². The molecule has 1 aliphatic heterocycles. The van der Waals surface area contributed by atoms with Gasteiger partial charge < -0.3 is 15.1 Å². The van der Waals surface area contributed by atoms with Gasteiger partial charge in [0.25, 0.3) is 0 Å². The summed E-state index contributed by atoms with van der Waals surface area (Å²) in [7, 11) is 0. The number of carbonyl (C=O) groups is 1. The second-order valence-electron chi connectivity index (χ2n) is 7.27. The Morgan fingerprint density at radius 1 is 1.21 bits per heavy atom. The fraction of sp³-hybridized carbons (Fsp3) is 0.684. The Morgan fingerprint density at radius 3 is 2.58 bits per heavy atom. The number of nitrogens with zero attached hydrogens (tertiary/aromatic N) is 3. The molecule has 24 heavy (non-hydrogen) atoms. The Morgan fingerprint density at radius 2 is 1.92 bits per heavy atom. The van der Waals surface area contributed by atoms with Crippen LogP contribution in [-0.4, -0.2) is 48.1 Å². The third-order valence-corrected chi connectivity index (χ3v) is 5.61. The van der Waals surface area contributed by atoms with E-state index in [4.69, 9.17) is 0 Å². The summed E-state index contributed by atoms with van der Waals surface area (Å²) >= 11 is 0. The molecular weight excluding hydrogens is 300 g/mol. The highest BCUT2D eigenvalue weighted by Gasteiger charge is 2.26. The van der Waals surface area contributed by atoms with E-state index >= 15 is 0 Å². The van der Waals surface area contributed by atoms with Gasteiger partial charge in [0.1, 0.15) is 0 Å². The number of pyridine rings is 1. The fourth-order valence-corrected chi connectivity index (χ4v) is 4.01. The van der Waals surface area contributed by atoms with Gasteiger partial charge in [0.15, 0.2) is 0 Å². The molecule has 0 unspecified atom stereocenters. The van der Waals surface area contributed by atoms with Crippen LogP contribution in [0, 0.1) is 12.8 Å². The van der Waals surface area contributed by atoms with Gasteiger partial charge in [-0.3, -0.25) is 4.98 Å². The van der Waals surface area contributed by atoms with Crippen molar-refractivity contribution in [2.75, 3.05) is 31.1 Å². The highest BCUT2D eigenvalue weighted by Crippen LogP contribution is 2.26. The van der Waals surface area contributed by atoms with E-state index in [1.807, 2.05) is 17.3 Å². The number of nitrogens with one attached hydrogen (secondary N) is 1. The molecule has 2 heterocycles. The lowest BCUT2D eigenvalue weighted by Gasteiger charge is -2.38. The van der Waals surface area contributed by atoms with Gasteiger partial charge in [0, 0.05) is 50.3 Å². The Hall–Kier alpha value is -1.78. The van der Waals surface area contributed by atoms with Crippen molar-refractivity contribution in [2.45, 2.75) is 52.0 Å². The van der Waals surface area contributed by atoms with E-state index in [1.54, 1.807) is 0 Å². The van der Waals surface area contributed by atoms with Crippen molar-refractivity contribution >= 4 is 11.7 Å². The number of hydrogen-bond acceptors (Lipinski definition) is 3. The van der Waals surface area contributed by atoms with Gasteiger partial charge in [-0.2, -0.15) is 0 Å². The fourth-order valence-electron chi connectivity index (χ4n) is 4.01. The standard InChI is InChI=1S/C19H30N4O/c1-15-14-20-9-8-18(15)22-10-12-23(13-11-22)19(24)21-16(2)17-6-4-3-5-7-17/h8-9,14,16-17H,3-7,10-13H2,1-2H3,(H,21,24)/t16-/m0/s1. The molecule has 2 fully saturated rings. The summed E-state index contributed by atoms with van der Waals surface area (Å²) in [6.07, 6.45) is 10.2. The summed E-state index contributed by atoms with van der Waals surface area (Å²) in [4.78, 5) is 21.0. The number of urea groups is 1. The molecule has 132 valence electrons. The van der Waals surface area contributed by atoms with Crippen molar-refractivity contribution in [2.24, 2.45) is 5.92 Å². The first-order chi connectivity index (χ1) is 11.6. The largest absolute Gasteiger partial charge is 0.368 e. The van der Waals surface area contributed by atoms with Crippen molar-refractivity contribution in [3.8, 4) is 0 Å². The van der Waals surface area contributed by atoms with E-state index in [-0.39, 0.29) is 6.03 Å². The van der Waals surface area contributed by atoms with E-state index in [0.717, 1.165) is 26.2 Å². The van der Waals surface area contributed by atoms with Gasteiger partial charge >= 0.3 is 6.03 Å². The maximum absolute atomic E-state index is 12.5. The molecule has 1 saturated heterocycles. The van der Waals surface area contributed by atoms with Crippen molar-refractivity contribution in [1.82, 2.24) is 15.2 Å². The second-order valence-corrected chi connectivity index (χ2v) is 7.27. The van der Waals surface area contributed by atoms with Crippen LogP contribution in [0.2, 0.25) is 0 Å². The summed E-state index contributed by atoms with van der Waals surface area (Å²) in [5, 5.41) is 3.24. The maximum atomic E-state index is 12.5. The molecule has 3 rings (SSSR count).